The predicted octanol–water partition coefficient (Wildman–Crippen LogP) is 0.893. The quantitative estimate of drug-likeness (QED) is 0.617. The first-order chi connectivity index (χ1) is 15.1. The lowest BCUT2D eigenvalue weighted by Crippen LogP contribution is -2.51. The van der Waals surface area contributed by atoms with Crippen LogP contribution in [0.2, 0.25) is 0 Å². The molecular formula is C20H21FN2O8S. The molecule has 3 rings (SSSR count). The minimum Gasteiger partial charge on any atom is -0.484 e. The lowest BCUT2D eigenvalue weighted by molar-refractivity contribution is -0.159. The van der Waals surface area contributed by atoms with Crippen LogP contribution in [0.5, 0.6) is 5.75 Å². The monoisotopic (exact) mass is 468 g/mol. The number of carboxylic acid groups (broad SMARTS) is 2. The van der Waals surface area contributed by atoms with Gasteiger partial charge < -0.3 is 19.8 Å². The topological polar surface area (TPSA) is 142 Å². The third-order valence-corrected chi connectivity index (χ3v) is 6.24. The minimum absolute atomic E-state index is 0.0473. The molecule has 0 atom stereocenters. The van der Waals surface area contributed by atoms with Crippen molar-refractivity contribution in [3.05, 3.63) is 60.4 Å². The van der Waals surface area contributed by atoms with Crippen molar-refractivity contribution in [2.24, 2.45) is 0 Å². The maximum Gasteiger partial charge on any atom is 0.414 e. The number of amides is 1. The van der Waals surface area contributed by atoms with Crippen molar-refractivity contribution in [3.8, 4) is 5.75 Å². The van der Waals surface area contributed by atoms with Crippen LogP contribution < -0.4 is 4.74 Å². The molecule has 0 aliphatic carbocycles. The number of aliphatic carboxylic acids is 2. The van der Waals surface area contributed by atoms with Gasteiger partial charge in [-0.3, -0.25) is 4.79 Å². The lowest BCUT2D eigenvalue weighted by atomic mass is 10.3. The number of carboxylic acids is 2. The Morgan fingerprint density at radius 2 is 1.41 bits per heavy atom. The second-order valence-electron chi connectivity index (χ2n) is 6.45. The molecule has 32 heavy (non-hydrogen) atoms. The van der Waals surface area contributed by atoms with Crippen LogP contribution in [-0.2, 0) is 24.4 Å². The second kappa shape index (κ2) is 11.2. The van der Waals surface area contributed by atoms with Crippen molar-refractivity contribution >= 4 is 27.9 Å². The SMILES string of the molecule is O=C(COc1ccccc1)N1CCN(S(=O)(=O)c2ccc(F)cc2)CC1.O=C(O)C(=O)O. The zero-order valence-electron chi connectivity index (χ0n) is 16.8. The number of piperazine rings is 1. The summed E-state index contributed by atoms with van der Waals surface area (Å²) in [7, 11) is -3.69. The summed E-state index contributed by atoms with van der Waals surface area (Å²) < 4.78 is 44.9. The van der Waals surface area contributed by atoms with E-state index in [2.05, 4.69) is 0 Å². The molecular weight excluding hydrogens is 447 g/mol. The fourth-order valence-electron chi connectivity index (χ4n) is 2.69. The van der Waals surface area contributed by atoms with E-state index in [1.54, 1.807) is 17.0 Å². The van der Waals surface area contributed by atoms with E-state index in [1.165, 1.54) is 16.4 Å². The Kier molecular flexibility index (Phi) is 8.67. The zero-order valence-corrected chi connectivity index (χ0v) is 17.6. The average molecular weight is 468 g/mol. The number of carbonyl (C=O) groups is 3. The smallest absolute Gasteiger partial charge is 0.414 e. The Bertz CT molecular complexity index is 1030. The Morgan fingerprint density at radius 1 is 0.875 bits per heavy atom. The van der Waals surface area contributed by atoms with Gasteiger partial charge in [-0.05, 0) is 36.4 Å². The molecule has 1 saturated heterocycles. The number of ether oxygens (including phenoxy) is 1. The van der Waals surface area contributed by atoms with Crippen molar-refractivity contribution in [2.45, 2.75) is 4.90 Å². The second-order valence-corrected chi connectivity index (χ2v) is 8.39. The highest BCUT2D eigenvalue weighted by Crippen LogP contribution is 2.18. The molecule has 1 aliphatic heterocycles. The van der Waals surface area contributed by atoms with Crippen molar-refractivity contribution < 1.29 is 42.1 Å². The van der Waals surface area contributed by atoms with E-state index in [0.717, 1.165) is 12.1 Å². The molecule has 2 aromatic rings. The maximum atomic E-state index is 13.0. The van der Waals surface area contributed by atoms with Gasteiger partial charge >= 0.3 is 11.9 Å². The number of para-hydroxylation sites is 1. The van der Waals surface area contributed by atoms with Crippen LogP contribution in [0.4, 0.5) is 4.39 Å². The molecule has 0 bridgehead atoms. The van der Waals surface area contributed by atoms with Crippen LogP contribution in [0.15, 0.2) is 59.5 Å². The fraction of sp³-hybridized carbons (Fsp3) is 0.250. The van der Waals surface area contributed by atoms with Crippen LogP contribution >= 0.6 is 0 Å². The van der Waals surface area contributed by atoms with Gasteiger partial charge in [0.2, 0.25) is 10.0 Å². The highest BCUT2D eigenvalue weighted by atomic mass is 32.2. The molecule has 0 aromatic heterocycles. The summed E-state index contributed by atoms with van der Waals surface area (Å²) in [4.78, 5) is 32.1. The van der Waals surface area contributed by atoms with Crippen LogP contribution in [0, 0.1) is 5.82 Å². The van der Waals surface area contributed by atoms with Gasteiger partial charge in [0.05, 0.1) is 4.90 Å². The number of carbonyl (C=O) groups excluding carboxylic acids is 1. The average Bonchev–Trinajstić information content (AvgIpc) is 2.79. The van der Waals surface area contributed by atoms with Crippen molar-refractivity contribution in [1.29, 1.82) is 0 Å². The van der Waals surface area contributed by atoms with E-state index in [-0.39, 0.29) is 43.6 Å². The molecule has 2 aromatic carbocycles. The van der Waals surface area contributed by atoms with Crippen LogP contribution in [-0.4, -0.2) is 78.5 Å². The molecule has 1 amide bonds. The molecule has 0 spiro atoms. The number of hydrogen-bond acceptors (Lipinski definition) is 6. The number of rotatable bonds is 5. The molecule has 0 radical (unpaired) electrons. The Hall–Kier alpha value is -3.51. The van der Waals surface area contributed by atoms with Crippen molar-refractivity contribution in [2.75, 3.05) is 32.8 Å². The lowest BCUT2D eigenvalue weighted by Gasteiger charge is -2.33. The third kappa shape index (κ3) is 7.03. The Labute approximate surface area is 183 Å². The van der Waals surface area contributed by atoms with Crippen LogP contribution in [0.1, 0.15) is 0 Å². The summed E-state index contributed by atoms with van der Waals surface area (Å²) in [5, 5.41) is 14.8. The van der Waals surface area contributed by atoms with Crippen molar-refractivity contribution in [1.82, 2.24) is 9.21 Å². The van der Waals surface area contributed by atoms with Gasteiger partial charge in [0.15, 0.2) is 6.61 Å². The summed E-state index contributed by atoms with van der Waals surface area (Å²) in [6.07, 6.45) is 0. The van der Waals surface area contributed by atoms with Gasteiger partial charge in [-0.1, -0.05) is 18.2 Å². The molecule has 10 nitrogen and oxygen atoms in total. The summed E-state index contributed by atoms with van der Waals surface area (Å²) in [5.74, 6) is -3.71. The Balaban J connectivity index is 0.000000534. The molecule has 1 aliphatic rings. The zero-order chi connectivity index (χ0) is 23.7. The molecule has 12 heteroatoms. The number of nitrogens with zero attached hydrogens (tertiary/aromatic N) is 2. The molecule has 0 saturated carbocycles. The first kappa shape index (κ1) is 24.8. The van der Waals surface area contributed by atoms with Crippen molar-refractivity contribution in [3.63, 3.8) is 0 Å². The van der Waals surface area contributed by atoms with E-state index in [1.807, 2.05) is 18.2 Å². The normalized spacial score (nSPS) is 14.1. The minimum atomic E-state index is -3.69. The molecule has 1 heterocycles. The largest absolute Gasteiger partial charge is 0.484 e. The highest BCUT2D eigenvalue weighted by Gasteiger charge is 2.30. The molecule has 1 fully saturated rings. The van der Waals surface area contributed by atoms with Crippen LogP contribution in [0.25, 0.3) is 0 Å². The number of halogens is 1. The Morgan fingerprint density at radius 3 is 1.91 bits per heavy atom. The van der Waals surface area contributed by atoms with Crippen LogP contribution in [0.3, 0.4) is 0 Å². The number of sulfonamides is 1. The highest BCUT2D eigenvalue weighted by molar-refractivity contribution is 7.89. The predicted molar refractivity (Wildman–Crippen MR) is 109 cm³/mol. The molecule has 172 valence electrons. The van der Waals surface area contributed by atoms with E-state index < -0.39 is 27.8 Å². The van der Waals surface area contributed by atoms with E-state index in [0.29, 0.717) is 5.75 Å². The first-order valence-electron chi connectivity index (χ1n) is 9.29. The summed E-state index contributed by atoms with van der Waals surface area (Å²) in [6, 6.07) is 13.8. The number of benzene rings is 2. The van der Waals surface area contributed by atoms with Gasteiger partial charge in [-0.25, -0.2) is 22.4 Å². The third-order valence-electron chi connectivity index (χ3n) is 4.33. The number of hydrogen-bond donors (Lipinski definition) is 2. The molecule has 0 unspecified atom stereocenters. The summed E-state index contributed by atoms with van der Waals surface area (Å²) in [6.45, 7) is 0.872. The van der Waals surface area contributed by atoms with Gasteiger partial charge in [-0.15, -0.1) is 0 Å². The first-order valence-corrected chi connectivity index (χ1v) is 10.7. The van der Waals surface area contributed by atoms with Gasteiger partial charge in [-0.2, -0.15) is 4.31 Å². The summed E-state index contributed by atoms with van der Waals surface area (Å²) >= 11 is 0. The van der Waals surface area contributed by atoms with Gasteiger partial charge in [0, 0.05) is 26.2 Å². The fourth-order valence-corrected chi connectivity index (χ4v) is 4.11. The standard InChI is InChI=1S/C18H19FN2O4S.C2H2O4/c19-15-6-8-17(9-7-15)26(23,24)21-12-10-20(11-13-21)18(22)14-25-16-4-2-1-3-5-16;3-1(4)2(5)6/h1-9H,10-14H2;(H,3,4)(H,5,6). The maximum absolute atomic E-state index is 13.0. The molecule has 2 N–H and O–H groups in total. The van der Waals surface area contributed by atoms with E-state index >= 15 is 0 Å². The van der Waals surface area contributed by atoms with E-state index in [4.69, 9.17) is 24.5 Å². The van der Waals surface area contributed by atoms with Gasteiger partial charge in [0.1, 0.15) is 11.6 Å². The van der Waals surface area contributed by atoms with E-state index in [9.17, 15) is 17.6 Å². The van der Waals surface area contributed by atoms with Gasteiger partial charge in [0.25, 0.3) is 5.91 Å². The summed E-state index contributed by atoms with van der Waals surface area (Å²) in [5.41, 5.74) is 0.